The van der Waals surface area contributed by atoms with Crippen LogP contribution in [0.5, 0.6) is 0 Å². The van der Waals surface area contributed by atoms with Crippen LogP contribution in [0.25, 0.3) is 0 Å². The lowest BCUT2D eigenvalue weighted by atomic mass is 9.92. The molecule has 2 nitrogen and oxygen atoms in total. The number of likely N-dealkylation sites (tertiary alicyclic amines) is 1. The summed E-state index contributed by atoms with van der Waals surface area (Å²) in [6.07, 6.45) is 2.59. The molecular formula is C13H21BrN2S. The van der Waals surface area contributed by atoms with Gasteiger partial charge < -0.3 is 5.73 Å². The Labute approximate surface area is 116 Å². The Morgan fingerprint density at radius 2 is 2.29 bits per heavy atom. The number of nitrogens with zero attached hydrogens (tertiary/aromatic N) is 1. The Balaban J connectivity index is 2.13. The fourth-order valence-electron chi connectivity index (χ4n) is 2.81. The molecule has 3 atom stereocenters. The first-order valence-corrected chi connectivity index (χ1v) is 7.93. The van der Waals surface area contributed by atoms with Gasteiger partial charge in [-0.3, -0.25) is 4.90 Å². The van der Waals surface area contributed by atoms with E-state index in [0.29, 0.717) is 18.6 Å². The second kappa shape index (κ2) is 5.83. The molecule has 1 aromatic rings. The van der Waals surface area contributed by atoms with Gasteiger partial charge in [0.1, 0.15) is 0 Å². The van der Waals surface area contributed by atoms with Gasteiger partial charge in [-0.15, -0.1) is 11.3 Å². The number of thiophene rings is 1. The quantitative estimate of drug-likeness (QED) is 0.922. The SMILES string of the molecule is CC1CCN(C(CN)c2ccc(Br)s2)C(C)C1. The van der Waals surface area contributed by atoms with Gasteiger partial charge in [-0.2, -0.15) is 0 Å². The first kappa shape index (κ1) is 13.5. The molecule has 0 aliphatic carbocycles. The third-order valence-corrected chi connectivity index (χ3v) is 5.46. The second-order valence-corrected chi connectivity index (χ2v) is 7.60. The molecule has 2 rings (SSSR count). The number of hydrogen-bond acceptors (Lipinski definition) is 3. The summed E-state index contributed by atoms with van der Waals surface area (Å²) in [5.74, 6) is 0.856. The van der Waals surface area contributed by atoms with Crippen molar-refractivity contribution in [3.8, 4) is 0 Å². The van der Waals surface area contributed by atoms with Crippen LogP contribution in [0.2, 0.25) is 0 Å². The van der Waals surface area contributed by atoms with Crippen LogP contribution in [0.4, 0.5) is 0 Å². The van der Waals surface area contributed by atoms with E-state index < -0.39 is 0 Å². The molecule has 96 valence electrons. The van der Waals surface area contributed by atoms with E-state index in [1.807, 2.05) is 11.3 Å². The molecule has 3 unspecified atom stereocenters. The summed E-state index contributed by atoms with van der Waals surface area (Å²) in [5, 5.41) is 0. The van der Waals surface area contributed by atoms with Crippen molar-refractivity contribution in [3.05, 3.63) is 20.8 Å². The summed E-state index contributed by atoms with van der Waals surface area (Å²) >= 11 is 5.35. The molecule has 1 saturated heterocycles. The largest absolute Gasteiger partial charge is 0.329 e. The van der Waals surface area contributed by atoms with E-state index >= 15 is 0 Å². The maximum atomic E-state index is 5.99. The highest BCUT2D eigenvalue weighted by molar-refractivity contribution is 9.11. The maximum absolute atomic E-state index is 5.99. The molecule has 1 fully saturated rings. The fourth-order valence-corrected chi connectivity index (χ4v) is 4.37. The number of rotatable bonds is 3. The molecule has 4 heteroatoms. The van der Waals surface area contributed by atoms with Gasteiger partial charge in [-0.25, -0.2) is 0 Å². The second-order valence-electron chi connectivity index (χ2n) is 5.11. The van der Waals surface area contributed by atoms with Crippen molar-refractivity contribution in [2.24, 2.45) is 11.7 Å². The van der Waals surface area contributed by atoms with Gasteiger partial charge >= 0.3 is 0 Å². The van der Waals surface area contributed by atoms with Crippen molar-refractivity contribution in [2.45, 2.75) is 38.8 Å². The summed E-state index contributed by atoms with van der Waals surface area (Å²) < 4.78 is 1.20. The minimum absolute atomic E-state index is 0.397. The van der Waals surface area contributed by atoms with Gasteiger partial charge in [0.05, 0.1) is 9.83 Å². The van der Waals surface area contributed by atoms with E-state index in [2.05, 4.69) is 46.8 Å². The molecule has 2 heterocycles. The first-order chi connectivity index (χ1) is 8.11. The zero-order valence-corrected chi connectivity index (χ0v) is 12.9. The molecule has 1 aliphatic heterocycles. The van der Waals surface area contributed by atoms with Crippen molar-refractivity contribution >= 4 is 27.3 Å². The number of piperidine rings is 1. The van der Waals surface area contributed by atoms with E-state index in [1.165, 1.54) is 28.0 Å². The molecule has 0 amide bonds. The Morgan fingerprint density at radius 1 is 1.53 bits per heavy atom. The summed E-state index contributed by atoms with van der Waals surface area (Å²) in [5.41, 5.74) is 5.99. The highest BCUT2D eigenvalue weighted by atomic mass is 79.9. The van der Waals surface area contributed by atoms with Gasteiger partial charge in [0, 0.05) is 17.5 Å². The van der Waals surface area contributed by atoms with Crippen LogP contribution in [0, 0.1) is 5.92 Å². The maximum Gasteiger partial charge on any atom is 0.0702 e. The molecule has 0 bridgehead atoms. The molecule has 2 N–H and O–H groups in total. The lowest BCUT2D eigenvalue weighted by Crippen LogP contribution is -2.44. The minimum atomic E-state index is 0.397. The van der Waals surface area contributed by atoms with E-state index in [1.54, 1.807) is 0 Å². The van der Waals surface area contributed by atoms with Crippen LogP contribution in [-0.2, 0) is 0 Å². The van der Waals surface area contributed by atoms with Crippen molar-refractivity contribution in [1.29, 1.82) is 0 Å². The van der Waals surface area contributed by atoms with Crippen molar-refractivity contribution in [3.63, 3.8) is 0 Å². The summed E-state index contributed by atoms with van der Waals surface area (Å²) in [6, 6.07) is 5.37. The normalized spacial score (nSPS) is 28.2. The van der Waals surface area contributed by atoms with Crippen molar-refractivity contribution in [1.82, 2.24) is 4.90 Å². The molecule has 0 radical (unpaired) electrons. The Morgan fingerprint density at radius 3 is 2.82 bits per heavy atom. The fraction of sp³-hybridized carbons (Fsp3) is 0.692. The van der Waals surface area contributed by atoms with Gasteiger partial charge in [-0.1, -0.05) is 6.92 Å². The van der Waals surface area contributed by atoms with Crippen molar-refractivity contribution in [2.75, 3.05) is 13.1 Å². The average Bonchev–Trinajstić information content (AvgIpc) is 2.69. The Bertz CT molecular complexity index is 366. The highest BCUT2D eigenvalue weighted by Gasteiger charge is 2.29. The summed E-state index contributed by atoms with van der Waals surface area (Å²) in [6.45, 7) is 6.58. The smallest absolute Gasteiger partial charge is 0.0702 e. The third kappa shape index (κ3) is 3.11. The molecular weight excluding hydrogens is 296 g/mol. The van der Waals surface area contributed by atoms with Crippen LogP contribution in [0.3, 0.4) is 0 Å². The van der Waals surface area contributed by atoms with Crippen LogP contribution < -0.4 is 5.73 Å². The zero-order valence-electron chi connectivity index (χ0n) is 10.5. The van der Waals surface area contributed by atoms with Gasteiger partial charge in [0.15, 0.2) is 0 Å². The van der Waals surface area contributed by atoms with Gasteiger partial charge in [0.25, 0.3) is 0 Å². The molecule has 1 aliphatic rings. The minimum Gasteiger partial charge on any atom is -0.329 e. The Hall–Kier alpha value is 0.1000. The van der Waals surface area contributed by atoms with Gasteiger partial charge in [-0.05, 0) is 60.3 Å². The first-order valence-electron chi connectivity index (χ1n) is 6.33. The number of nitrogens with two attached hydrogens (primary N) is 1. The predicted octanol–water partition coefficient (Wildman–Crippen LogP) is 3.63. The summed E-state index contributed by atoms with van der Waals surface area (Å²) in [7, 11) is 0. The van der Waals surface area contributed by atoms with Crippen LogP contribution in [0.15, 0.2) is 15.9 Å². The van der Waals surface area contributed by atoms with Gasteiger partial charge in [0.2, 0.25) is 0 Å². The number of hydrogen-bond donors (Lipinski definition) is 1. The monoisotopic (exact) mass is 316 g/mol. The molecule has 17 heavy (non-hydrogen) atoms. The van der Waals surface area contributed by atoms with Crippen LogP contribution in [0.1, 0.15) is 37.6 Å². The molecule has 0 saturated carbocycles. The Kier molecular flexibility index (Phi) is 4.64. The molecule has 0 aromatic carbocycles. The lowest BCUT2D eigenvalue weighted by Gasteiger charge is -2.41. The topological polar surface area (TPSA) is 29.3 Å². The van der Waals surface area contributed by atoms with E-state index in [4.69, 9.17) is 5.73 Å². The van der Waals surface area contributed by atoms with E-state index in [0.717, 1.165) is 5.92 Å². The highest BCUT2D eigenvalue weighted by Crippen LogP contribution is 2.34. The molecule has 0 spiro atoms. The third-order valence-electron chi connectivity index (χ3n) is 3.74. The summed E-state index contributed by atoms with van der Waals surface area (Å²) in [4.78, 5) is 3.97. The lowest BCUT2D eigenvalue weighted by molar-refractivity contribution is 0.0863. The zero-order chi connectivity index (χ0) is 12.4. The number of halogens is 1. The van der Waals surface area contributed by atoms with Crippen LogP contribution >= 0.6 is 27.3 Å². The van der Waals surface area contributed by atoms with E-state index in [-0.39, 0.29) is 0 Å². The average molecular weight is 317 g/mol. The van der Waals surface area contributed by atoms with Crippen LogP contribution in [-0.4, -0.2) is 24.0 Å². The predicted molar refractivity (Wildman–Crippen MR) is 78.4 cm³/mol. The molecule has 1 aromatic heterocycles. The van der Waals surface area contributed by atoms with Crippen molar-refractivity contribution < 1.29 is 0 Å². The van der Waals surface area contributed by atoms with E-state index in [9.17, 15) is 0 Å². The standard InChI is InChI=1S/C13H21BrN2S/c1-9-5-6-16(10(2)7-9)11(8-15)12-3-4-13(14)17-12/h3-4,9-11H,5-8,15H2,1-2H3.